The predicted octanol–water partition coefficient (Wildman–Crippen LogP) is 2.96. The van der Waals surface area contributed by atoms with Crippen LogP contribution >= 0.6 is 0 Å². The Balaban J connectivity index is 2.01. The summed E-state index contributed by atoms with van der Waals surface area (Å²) in [6, 6.07) is 4.99. The van der Waals surface area contributed by atoms with Crippen molar-refractivity contribution in [3.8, 4) is 0 Å². The molecule has 4 nitrogen and oxygen atoms in total. The number of hydrogen-bond donors (Lipinski definition) is 1. The zero-order chi connectivity index (χ0) is 14.8. The highest BCUT2D eigenvalue weighted by molar-refractivity contribution is 5.67. The van der Waals surface area contributed by atoms with Gasteiger partial charge in [0, 0.05) is 5.56 Å². The Hall–Kier alpha value is -1.62. The second-order valence-corrected chi connectivity index (χ2v) is 5.80. The number of amides is 1. The van der Waals surface area contributed by atoms with E-state index in [0.29, 0.717) is 18.6 Å². The maximum atomic E-state index is 13.9. The first-order chi connectivity index (χ1) is 9.37. The monoisotopic (exact) mass is 281 g/mol. The highest BCUT2D eigenvalue weighted by Gasteiger charge is 2.25. The lowest BCUT2D eigenvalue weighted by Crippen LogP contribution is -2.36. The SMILES string of the molecule is CC(C)(C)OC(=O)NC[C@@H]1OCCc2cccc(F)c21. The summed E-state index contributed by atoms with van der Waals surface area (Å²) in [5, 5.41) is 2.62. The molecule has 1 heterocycles. The number of hydrogen-bond acceptors (Lipinski definition) is 3. The summed E-state index contributed by atoms with van der Waals surface area (Å²) in [6.07, 6.45) is -0.298. The molecule has 1 atom stereocenters. The van der Waals surface area contributed by atoms with Crippen LogP contribution in [0.15, 0.2) is 18.2 Å². The van der Waals surface area contributed by atoms with Crippen LogP contribution in [0.2, 0.25) is 0 Å². The molecule has 20 heavy (non-hydrogen) atoms. The van der Waals surface area contributed by atoms with Crippen molar-refractivity contribution in [1.82, 2.24) is 5.32 Å². The molecule has 0 unspecified atom stereocenters. The second kappa shape index (κ2) is 5.79. The van der Waals surface area contributed by atoms with Crippen LogP contribution in [0.25, 0.3) is 0 Å². The summed E-state index contributed by atoms with van der Waals surface area (Å²) >= 11 is 0. The molecule has 0 radical (unpaired) electrons. The summed E-state index contributed by atoms with van der Waals surface area (Å²) < 4.78 is 24.6. The van der Waals surface area contributed by atoms with Gasteiger partial charge >= 0.3 is 6.09 Å². The third kappa shape index (κ3) is 3.70. The van der Waals surface area contributed by atoms with Crippen molar-refractivity contribution in [1.29, 1.82) is 0 Å². The van der Waals surface area contributed by atoms with Crippen molar-refractivity contribution in [2.75, 3.05) is 13.2 Å². The molecule has 110 valence electrons. The molecule has 0 bridgehead atoms. The number of carbonyl (C=O) groups excluding carboxylic acids is 1. The van der Waals surface area contributed by atoms with Gasteiger partial charge in [0.05, 0.1) is 13.2 Å². The van der Waals surface area contributed by atoms with Gasteiger partial charge in [-0.1, -0.05) is 12.1 Å². The van der Waals surface area contributed by atoms with Crippen LogP contribution in [0.4, 0.5) is 9.18 Å². The van der Waals surface area contributed by atoms with Gasteiger partial charge in [-0.05, 0) is 38.8 Å². The van der Waals surface area contributed by atoms with E-state index in [1.54, 1.807) is 26.8 Å². The fourth-order valence-corrected chi connectivity index (χ4v) is 2.21. The smallest absolute Gasteiger partial charge is 0.407 e. The molecule has 0 fully saturated rings. The van der Waals surface area contributed by atoms with Gasteiger partial charge in [0.1, 0.15) is 17.5 Å². The zero-order valence-electron chi connectivity index (χ0n) is 12.0. The van der Waals surface area contributed by atoms with Crippen molar-refractivity contribution < 1.29 is 18.7 Å². The topological polar surface area (TPSA) is 47.6 Å². The van der Waals surface area contributed by atoms with E-state index in [2.05, 4.69) is 5.32 Å². The molecule has 0 saturated carbocycles. The molecule has 0 aliphatic carbocycles. The maximum absolute atomic E-state index is 13.9. The minimum Gasteiger partial charge on any atom is -0.444 e. The number of halogens is 1. The van der Waals surface area contributed by atoms with Crippen LogP contribution in [-0.4, -0.2) is 24.8 Å². The molecule has 1 amide bonds. The molecule has 1 aliphatic rings. The van der Waals surface area contributed by atoms with E-state index in [4.69, 9.17) is 9.47 Å². The molecule has 2 rings (SSSR count). The van der Waals surface area contributed by atoms with Gasteiger partial charge in [-0.15, -0.1) is 0 Å². The van der Waals surface area contributed by atoms with Gasteiger partial charge in [-0.2, -0.15) is 0 Å². The first kappa shape index (κ1) is 14.8. The van der Waals surface area contributed by atoms with Crippen molar-refractivity contribution in [3.05, 3.63) is 35.1 Å². The molecule has 1 aromatic carbocycles. The quantitative estimate of drug-likeness (QED) is 0.906. The van der Waals surface area contributed by atoms with Crippen LogP contribution in [0.3, 0.4) is 0 Å². The van der Waals surface area contributed by atoms with Gasteiger partial charge < -0.3 is 14.8 Å². The molecule has 1 aromatic rings. The van der Waals surface area contributed by atoms with Crippen molar-refractivity contribution in [3.63, 3.8) is 0 Å². The molecule has 1 N–H and O–H groups in total. The Bertz CT molecular complexity index is 496. The average molecular weight is 281 g/mol. The number of nitrogens with one attached hydrogen (secondary N) is 1. The molecule has 5 heteroatoms. The van der Waals surface area contributed by atoms with E-state index in [0.717, 1.165) is 5.56 Å². The number of ether oxygens (including phenoxy) is 2. The predicted molar refractivity (Wildman–Crippen MR) is 73.0 cm³/mol. The number of carbonyl (C=O) groups is 1. The normalized spacial score (nSPS) is 18.3. The highest BCUT2D eigenvalue weighted by Crippen LogP contribution is 2.28. The average Bonchev–Trinajstić information content (AvgIpc) is 2.34. The third-order valence-electron chi connectivity index (χ3n) is 2.99. The minimum absolute atomic E-state index is 0.197. The zero-order valence-corrected chi connectivity index (χ0v) is 12.0. The van der Waals surface area contributed by atoms with E-state index < -0.39 is 17.8 Å². The summed E-state index contributed by atoms with van der Waals surface area (Å²) in [5.74, 6) is -0.293. The van der Waals surface area contributed by atoms with Crippen molar-refractivity contribution >= 4 is 6.09 Å². The lowest BCUT2D eigenvalue weighted by molar-refractivity contribution is 0.0271. The van der Waals surface area contributed by atoms with Crippen LogP contribution in [-0.2, 0) is 15.9 Å². The summed E-state index contributed by atoms with van der Waals surface area (Å²) in [5.41, 5.74) is 0.919. The fourth-order valence-electron chi connectivity index (χ4n) is 2.21. The maximum Gasteiger partial charge on any atom is 0.407 e. The lowest BCUT2D eigenvalue weighted by atomic mass is 9.97. The molecule has 1 aliphatic heterocycles. The standard InChI is InChI=1S/C15H20FNO3/c1-15(2,3)20-14(18)17-9-12-13-10(7-8-19-12)5-4-6-11(13)16/h4-6,12H,7-9H2,1-3H3,(H,17,18)/t12-/m0/s1. The fraction of sp³-hybridized carbons (Fsp3) is 0.533. The third-order valence-corrected chi connectivity index (χ3v) is 2.99. The first-order valence-electron chi connectivity index (χ1n) is 6.72. The van der Waals surface area contributed by atoms with Gasteiger partial charge in [-0.3, -0.25) is 0 Å². The Morgan fingerprint density at radius 1 is 1.50 bits per heavy atom. The number of rotatable bonds is 2. The van der Waals surface area contributed by atoms with Crippen LogP contribution in [0, 0.1) is 5.82 Å². The van der Waals surface area contributed by atoms with Crippen molar-refractivity contribution in [2.24, 2.45) is 0 Å². The highest BCUT2D eigenvalue weighted by atomic mass is 19.1. The molecular weight excluding hydrogens is 261 g/mol. The molecule has 0 saturated heterocycles. The number of alkyl carbamates (subject to hydrolysis) is 1. The van der Waals surface area contributed by atoms with E-state index in [1.807, 2.05) is 6.07 Å². The largest absolute Gasteiger partial charge is 0.444 e. The Morgan fingerprint density at radius 3 is 2.95 bits per heavy atom. The Kier molecular flexibility index (Phi) is 4.28. The number of benzene rings is 1. The van der Waals surface area contributed by atoms with Gasteiger partial charge in [-0.25, -0.2) is 9.18 Å². The van der Waals surface area contributed by atoms with Gasteiger partial charge in [0.15, 0.2) is 0 Å². The first-order valence-corrected chi connectivity index (χ1v) is 6.72. The summed E-state index contributed by atoms with van der Waals surface area (Å²) in [6.45, 7) is 6.09. The van der Waals surface area contributed by atoms with Crippen molar-refractivity contribution in [2.45, 2.75) is 38.9 Å². The van der Waals surface area contributed by atoms with E-state index in [-0.39, 0.29) is 12.4 Å². The molecule has 0 spiro atoms. The van der Waals surface area contributed by atoms with E-state index in [1.165, 1.54) is 6.07 Å². The Morgan fingerprint density at radius 2 is 2.25 bits per heavy atom. The molecular formula is C15H20FNO3. The lowest BCUT2D eigenvalue weighted by Gasteiger charge is -2.27. The summed E-state index contributed by atoms with van der Waals surface area (Å²) in [4.78, 5) is 11.6. The molecule has 0 aromatic heterocycles. The van der Waals surface area contributed by atoms with Crippen LogP contribution < -0.4 is 5.32 Å². The number of fused-ring (bicyclic) bond motifs is 1. The van der Waals surface area contributed by atoms with Gasteiger partial charge in [0.2, 0.25) is 0 Å². The van der Waals surface area contributed by atoms with Gasteiger partial charge in [0.25, 0.3) is 0 Å². The van der Waals surface area contributed by atoms with Crippen LogP contribution in [0.1, 0.15) is 38.0 Å². The second-order valence-electron chi connectivity index (χ2n) is 5.80. The van der Waals surface area contributed by atoms with E-state index in [9.17, 15) is 9.18 Å². The summed E-state index contributed by atoms with van der Waals surface area (Å²) in [7, 11) is 0. The Labute approximate surface area is 118 Å². The van der Waals surface area contributed by atoms with Crippen LogP contribution in [0.5, 0.6) is 0 Å². The van der Waals surface area contributed by atoms with E-state index >= 15 is 0 Å². The minimum atomic E-state index is -0.555.